The molecular weight excluding hydrogens is 358 g/mol. The molecule has 0 aliphatic carbocycles. The Kier molecular flexibility index (Phi) is 7.23. The molecule has 1 unspecified atom stereocenters. The molecule has 0 amide bonds. The first-order valence-corrected chi connectivity index (χ1v) is 9.83. The summed E-state index contributed by atoms with van der Waals surface area (Å²) >= 11 is 0. The van der Waals surface area contributed by atoms with Crippen LogP contribution in [0.5, 0.6) is 0 Å². The van der Waals surface area contributed by atoms with Crippen LogP contribution < -0.4 is 0 Å². The second kappa shape index (κ2) is 9.05. The molecule has 1 aromatic rings. The van der Waals surface area contributed by atoms with Gasteiger partial charge in [0.1, 0.15) is 12.7 Å². The molecule has 28 heavy (non-hydrogen) atoms. The summed E-state index contributed by atoms with van der Waals surface area (Å²) in [4.78, 5) is 30.0. The number of hydroxylamine groups is 2. The predicted octanol–water partition coefficient (Wildman–Crippen LogP) is 3.92. The van der Waals surface area contributed by atoms with Crippen LogP contribution in [0, 0.1) is 0 Å². The summed E-state index contributed by atoms with van der Waals surface area (Å²) in [5, 5.41) is 2.05. The number of nitrogens with zero attached hydrogens (tertiary/aromatic N) is 1. The summed E-state index contributed by atoms with van der Waals surface area (Å²) in [5.74, 6) is -0.743. The Hall–Kier alpha value is -1.92. The van der Waals surface area contributed by atoms with Gasteiger partial charge in [-0.3, -0.25) is 9.63 Å². The Labute approximate surface area is 168 Å². The van der Waals surface area contributed by atoms with Crippen molar-refractivity contribution in [3.63, 3.8) is 0 Å². The van der Waals surface area contributed by atoms with E-state index in [0.29, 0.717) is 12.0 Å². The molecular formula is C22H33NO5. The highest BCUT2D eigenvalue weighted by Gasteiger charge is 2.43. The van der Waals surface area contributed by atoms with Crippen molar-refractivity contribution in [2.45, 2.75) is 77.5 Å². The van der Waals surface area contributed by atoms with Crippen LogP contribution in [0.3, 0.4) is 0 Å². The predicted molar refractivity (Wildman–Crippen MR) is 107 cm³/mol. The Morgan fingerprint density at radius 3 is 2.29 bits per heavy atom. The molecule has 1 aliphatic rings. The van der Waals surface area contributed by atoms with Crippen molar-refractivity contribution in [3.05, 3.63) is 35.4 Å². The Bertz CT molecular complexity index is 682. The highest BCUT2D eigenvalue weighted by Crippen LogP contribution is 2.39. The number of benzene rings is 1. The largest absolute Gasteiger partial charge is 0.465 e. The van der Waals surface area contributed by atoms with Crippen molar-refractivity contribution in [3.8, 4) is 0 Å². The van der Waals surface area contributed by atoms with Crippen molar-refractivity contribution in [2.75, 3.05) is 13.7 Å². The standard InChI is InChI=1S/C22H33NO5/c1-16(24)27-15-18(14-17-10-7-8-11-19(17)20(25)26-6)28-23-21(2,3)12-9-13-22(23,4)5/h7-8,10-11,18H,9,12-15H2,1-6H3. The van der Waals surface area contributed by atoms with Gasteiger partial charge in [0.05, 0.1) is 12.7 Å². The van der Waals surface area contributed by atoms with E-state index in [0.717, 1.165) is 24.8 Å². The molecule has 1 atom stereocenters. The highest BCUT2D eigenvalue weighted by molar-refractivity contribution is 5.91. The average Bonchev–Trinajstić information content (AvgIpc) is 2.61. The van der Waals surface area contributed by atoms with Crippen molar-refractivity contribution in [1.82, 2.24) is 5.06 Å². The maximum Gasteiger partial charge on any atom is 0.338 e. The van der Waals surface area contributed by atoms with E-state index in [9.17, 15) is 9.59 Å². The molecule has 1 aliphatic heterocycles. The van der Waals surface area contributed by atoms with E-state index in [1.54, 1.807) is 12.1 Å². The molecule has 2 rings (SSSR count). The zero-order valence-corrected chi connectivity index (χ0v) is 17.9. The number of esters is 2. The first-order valence-electron chi connectivity index (χ1n) is 9.83. The second-order valence-electron chi connectivity index (χ2n) is 8.66. The van der Waals surface area contributed by atoms with Crippen molar-refractivity contribution in [1.29, 1.82) is 0 Å². The fourth-order valence-corrected chi connectivity index (χ4v) is 4.00. The average molecular weight is 392 g/mol. The van der Waals surface area contributed by atoms with Gasteiger partial charge in [-0.1, -0.05) is 18.2 Å². The van der Waals surface area contributed by atoms with Gasteiger partial charge in [-0.15, -0.1) is 0 Å². The summed E-state index contributed by atoms with van der Waals surface area (Å²) in [5.41, 5.74) is 1.02. The Morgan fingerprint density at radius 2 is 1.71 bits per heavy atom. The lowest BCUT2D eigenvalue weighted by atomic mass is 9.82. The second-order valence-corrected chi connectivity index (χ2v) is 8.66. The van der Waals surface area contributed by atoms with E-state index in [2.05, 4.69) is 32.8 Å². The molecule has 1 heterocycles. The maximum atomic E-state index is 12.1. The number of ether oxygens (including phenoxy) is 2. The molecule has 0 aromatic heterocycles. The molecule has 156 valence electrons. The van der Waals surface area contributed by atoms with E-state index in [-0.39, 0.29) is 29.6 Å². The van der Waals surface area contributed by atoms with E-state index in [1.807, 2.05) is 12.1 Å². The lowest BCUT2D eigenvalue weighted by Gasteiger charge is -2.52. The van der Waals surface area contributed by atoms with Gasteiger partial charge in [-0.2, -0.15) is 5.06 Å². The minimum atomic E-state index is -0.411. The molecule has 0 radical (unpaired) electrons. The fourth-order valence-electron chi connectivity index (χ4n) is 4.00. The summed E-state index contributed by atoms with van der Waals surface area (Å²) < 4.78 is 10.2. The summed E-state index contributed by atoms with van der Waals surface area (Å²) in [6, 6.07) is 7.29. The number of rotatable bonds is 7. The molecule has 1 fully saturated rings. The molecule has 0 spiro atoms. The monoisotopic (exact) mass is 391 g/mol. The molecule has 1 aromatic carbocycles. The summed E-state index contributed by atoms with van der Waals surface area (Å²) in [6.45, 7) is 10.2. The third kappa shape index (κ3) is 5.55. The van der Waals surface area contributed by atoms with Crippen LogP contribution in [-0.4, -0.2) is 47.9 Å². The van der Waals surface area contributed by atoms with Gasteiger partial charge in [0.25, 0.3) is 0 Å². The fraction of sp³-hybridized carbons (Fsp3) is 0.636. The van der Waals surface area contributed by atoms with Gasteiger partial charge in [0.15, 0.2) is 0 Å². The topological polar surface area (TPSA) is 65.1 Å². The van der Waals surface area contributed by atoms with Crippen LogP contribution in [0.25, 0.3) is 0 Å². The number of hydrogen-bond acceptors (Lipinski definition) is 6. The van der Waals surface area contributed by atoms with Gasteiger partial charge in [-0.05, 0) is 58.6 Å². The van der Waals surface area contributed by atoms with E-state index in [4.69, 9.17) is 14.3 Å². The maximum absolute atomic E-state index is 12.1. The lowest BCUT2D eigenvalue weighted by molar-refractivity contribution is -0.308. The van der Waals surface area contributed by atoms with Crippen LogP contribution >= 0.6 is 0 Å². The lowest BCUT2D eigenvalue weighted by Crippen LogP contribution is -2.59. The van der Waals surface area contributed by atoms with Gasteiger partial charge >= 0.3 is 11.9 Å². The zero-order valence-electron chi connectivity index (χ0n) is 17.9. The van der Waals surface area contributed by atoms with Gasteiger partial charge in [0, 0.05) is 24.4 Å². The smallest absolute Gasteiger partial charge is 0.338 e. The van der Waals surface area contributed by atoms with Crippen molar-refractivity contribution in [2.24, 2.45) is 0 Å². The normalized spacial score (nSPS) is 19.6. The van der Waals surface area contributed by atoms with E-state index < -0.39 is 6.10 Å². The summed E-state index contributed by atoms with van der Waals surface area (Å²) in [7, 11) is 1.37. The Balaban J connectivity index is 2.28. The van der Waals surface area contributed by atoms with E-state index in [1.165, 1.54) is 14.0 Å². The van der Waals surface area contributed by atoms with Crippen LogP contribution in [0.2, 0.25) is 0 Å². The van der Waals surface area contributed by atoms with E-state index >= 15 is 0 Å². The molecule has 1 saturated heterocycles. The van der Waals surface area contributed by atoms with Crippen molar-refractivity contribution >= 4 is 11.9 Å². The molecule has 0 N–H and O–H groups in total. The molecule has 6 nitrogen and oxygen atoms in total. The van der Waals surface area contributed by atoms with Crippen LogP contribution in [-0.2, 0) is 25.5 Å². The first kappa shape index (κ1) is 22.4. The Morgan fingerprint density at radius 1 is 1.11 bits per heavy atom. The SMILES string of the molecule is COC(=O)c1ccccc1CC(COC(C)=O)ON1C(C)(C)CCCC1(C)C. The summed E-state index contributed by atoms with van der Waals surface area (Å²) in [6.07, 6.45) is 3.21. The third-order valence-electron chi connectivity index (χ3n) is 5.27. The van der Waals surface area contributed by atoms with Crippen molar-refractivity contribution < 1.29 is 23.9 Å². The van der Waals surface area contributed by atoms with Gasteiger partial charge in [0.2, 0.25) is 0 Å². The van der Waals surface area contributed by atoms with Gasteiger partial charge in [-0.25, -0.2) is 4.79 Å². The van der Waals surface area contributed by atoms with Crippen LogP contribution in [0.1, 0.15) is 69.8 Å². The minimum absolute atomic E-state index is 0.119. The van der Waals surface area contributed by atoms with Crippen LogP contribution in [0.4, 0.5) is 0 Å². The highest BCUT2D eigenvalue weighted by atomic mass is 16.7. The quantitative estimate of drug-likeness (QED) is 0.657. The first-order chi connectivity index (χ1) is 13.1. The number of methoxy groups -OCH3 is 1. The molecule has 0 saturated carbocycles. The minimum Gasteiger partial charge on any atom is -0.465 e. The third-order valence-corrected chi connectivity index (χ3v) is 5.27. The zero-order chi connectivity index (χ0) is 20.9. The number of carbonyl (C=O) groups is 2. The molecule has 6 heteroatoms. The number of hydrogen-bond donors (Lipinski definition) is 0. The van der Waals surface area contributed by atoms with Gasteiger partial charge < -0.3 is 9.47 Å². The number of carbonyl (C=O) groups excluding carboxylic acids is 2. The van der Waals surface area contributed by atoms with Crippen LogP contribution in [0.15, 0.2) is 24.3 Å². The molecule has 0 bridgehead atoms. The number of piperidine rings is 1.